The largest absolute Gasteiger partial charge is 0.377 e. The van der Waals surface area contributed by atoms with Gasteiger partial charge in [-0.3, -0.25) is 0 Å². The summed E-state index contributed by atoms with van der Waals surface area (Å²) in [6.45, 7) is 6.73. The van der Waals surface area contributed by atoms with E-state index in [9.17, 15) is 0 Å². The molecular formula is C13H22N4OS. The van der Waals surface area contributed by atoms with Crippen molar-refractivity contribution in [2.75, 3.05) is 37.7 Å². The van der Waals surface area contributed by atoms with Gasteiger partial charge in [-0.05, 0) is 25.8 Å². The molecule has 106 valence electrons. The van der Waals surface area contributed by atoms with Crippen molar-refractivity contribution in [1.82, 2.24) is 14.7 Å². The van der Waals surface area contributed by atoms with Gasteiger partial charge in [0.15, 0.2) is 0 Å². The van der Waals surface area contributed by atoms with Gasteiger partial charge in [-0.25, -0.2) is 4.98 Å². The summed E-state index contributed by atoms with van der Waals surface area (Å²) in [5.41, 5.74) is 0. The van der Waals surface area contributed by atoms with E-state index in [1.165, 1.54) is 12.8 Å². The van der Waals surface area contributed by atoms with Crippen LogP contribution in [0, 0.1) is 0 Å². The van der Waals surface area contributed by atoms with Crippen molar-refractivity contribution in [3.63, 3.8) is 0 Å². The number of nitrogens with zero attached hydrogens (tertiary/aromatic N) is 3. The Kier molecular flexibility index (Phi) is 4.30. The monoisotopic (exact) mass is 282 g/mol. The molecule has 1 unspecified atom stereocenters. The number of hydrogen-bond donors (Lipinski definition) is 1. The summed E-state index contributed by atoms with van der Waals surface area (Å²) in [6, 6.07) is 0.389. The molecule has 1 aliphatic carbocycles. The van der Waals surface area contributed by atoms with Crippen LogP contribution in [0.2, 0.25) is 0 Å². The van der Waals surface area contributed by atoms with Gasteiger partial charge < -0.3 is 15.0 Å². The van der Waals surface area contributed by atoms with Gasteiger partial charge in [0.1, 0.15) is 5.82 Å². The lowest BCUT2D eigenvalue weighted by Crippen LogP contribution is -2.50. The molecule has 1 N–H and O–H groups in total. The molecule has 3 rings (SSSR count). The zero-order chi connectivity index (χ0) is 13.1. The van der Waals surface area contributed by atoms with Crippen molar-refractivity contribution >= 4 is 16.7 Å². The van der Waals surface area contributed by atoms with E-state index in [-0.39, 0.29) is 0 Å². The van der Waals surface area contributed by atoms with Crippen LogP contribution < -0.4 is 10.2 Å². The molecule has 1 aliphatic heterocycles. The summed E-state index contributed by atoms with van der Waals surface area (Å²) < 4.78 is 10.1. The summed E-state index contributed by atoms with van der Waals surface area (Å²) in [5, 5.41) is 4.56. The molecule has 0 bridgehead atoms. The van der Waals surface area contributed by atoms with Crippen molar-refractivity contribution in [3.8, 4) is 0 Å². The predicted octanol–water partition coefficient (Wildman–Crippen LogP) is 1.62. The van der Waals surface area contributed by atoms with Crippen LogP contribution in [-0.2, 0) is 4.74 Å². The standard InChI is InChI=1S/C13H22N4OS/c1-2-5-14-8-11-9-18-7-6-17(11)13-15-12(16-19-13)10-3-4-10/h10-11,14H,2-9H2,1H3. The van der Waals surface area contributed by atoms with Crippen LogP contribution in [0.5, 0.6) is 0 Å². The Morgan fingerprint density at radius 1 is 1.47 bits per heavy atom. The van der Waals surface area contributed by atoms with Gasteiger partial charge in [-0.2, -0.15) is 4.37 Å². The van der Waals surface area contributed by atoms with Gasteiger partial charge in [0.25, 0.3) is 0 Å². The van der Waals surface area contributed by atoms with Crippen molar-refractivity contribution < 1.29 is 4.74 Å². The maximum absolute atomic E-state index is 5.61. The van der Waals surface area contributed by atoms with Crippen LogP contribution >= 0.6 is 11.5 Å². The molecule has 1 aromatic heterocycles. The van der Waals surface area contributed by atoms with Crippen molar-refractivity contribution in [2.24, 2.45) is 0 Å². The second-order valence-corrected chi connectivity index (χ2v) is 6.07. The second kappa shape index (κ2) is 6.15. The molecule has 5 nitrogen and oxygen atoms in total. The smallest absolute Gasteiger partial charge is 0.205 e. The minimum atomic E-state index is 0.389. The maximum atomic E-state index is 5.61. The molecule has 0 aromatic carbocycles. The number of hydrogen-bond acceptors (Lipinski definition) is 6. The molecule has 0 amide bonds. The number of morpholine rings is 1. The molecule has 2 heterocycles. The highest BCUT2D eigenvalue weighted by atomic mass is 32.1. The number of nitrogens with one attached hydrogen (secondary N) is 1. The molecule has 1 aromatic rings. The summed E-state index contributed by atoms with van der Waals surface area (Å²) in [6.07, 6.45) is 3.69. The summed E-state index contributed by atoms with van der Waals surface area (Å²) in [5.74, 6) is 1.70. The average molecular weight is 282 g/mol. The maximum Gasteiger partial charge on any atom is 0.205 e. The van der Waals surface area contributed by atoms with Crippen LogP contribution in [0.25, 0.3) is 0 Å². The van der Waals surface area contributed by atoms with E-state index in [2.05, 4.69) is 21.5 Å². The number of anilines is 1. The Bertz CT molecular complexity index is 407. The lowest BCUT2D eigenvalue weighted by molar-refractivity contribution is 0.0938. The fourth-order valence-electron chi connectivity index (χ4n) is 2.37. The molecule has 0 spiro atoms. The normalized spacial score (nSPS) is 23.8. The van der Waals surface area contributed by atoms with Crippen LogP contribution in [0.3, 0.4) is 0 Å². The van der Waals surface area contributed by atoms with E-state index in [1.807, 2.05) is 0 Å². The Balaban J connectivity index is 1.64. The van der Waals surface area contributed by atoms with Gasteiger partial charge in [-0.15, -0.1) is 0 Å². The van der Waals surface area contributed by atoms with Crippen molar-refractivity contribution in [1.29, 1.82) is 0 Å². The van der Waals surface area contributed by atoms with Crippen molar-refractivity contribution in [2.45, 2.75) is 38.1 Å². The summed E-state index contributed by atoms with van der Waals surface area (Å²) in [4.78, 5) is 7.10. The Morgan fingerprint density at radius 3 is 3.16 bits per heavy atom. The topological polar surface area (TPSA) is 50.3 Å². The summed E-state index contributed by atoms with van der Waals surface area (Å²) in [7, 11) is 0. The third-order valence-electron chi connectivity index (χ3n) is 3.65. The second-order valence-electron chi connectivity index (χ2n) is 5.34. The van der Waals surface area contributed by atoms with Gasteiger partial charge in [-0.1, -0.05) is 6.92 Å². The number of rotatable bonds is 6. The highest BCUT2D eigenvalue weighted by molar-refractivity contribution is 7.09. The van der Waals surface area contributed by atoms with E-state index in [1.54, 1.807) is 11.5 Å². The fourth-order valence-corrected chi connectivity index (χ4v) is 3.22. The highest BCUT2D eigenvalue weighted by Crippen LogP contribution is 2.40. The van der Waals surface area contributed by atoms with Gasteiger partial charge in [0.05, 0.1) is 19.3 Å². The zero-order valence-corrected chi connectivity index (χ0v) is 12.3. The van der Waals surface area contributed by atoms with E-state index < -0.39 is 0 Å². The lowest BCUT2D eigenvalue weighted by Gasteiger charge is -2.35. The Morgan fingerprint density at radius 2 is 2.37 bits per heavy atom. The lowest BCUT2D eigenvalue weighted by atomic mass is 10.2. The molecule has 1 atom stereocenters. The molecule has 1 saturated heterocycles. The van der Waals surface area contributed by atoms with Gasteiger partial charge in [0.2, 0.25) is 5.13 Å². The fraction of sp³-hybridized carbons (Fsp3) is 0.846. The first-order valence-corrected chi connectivity index (χ1v) is 8.04. The molecule has 2 aliphatic rings. The van der Waals surface area contributed by atoms with E-state index >= 15 is 0 Å². The van der Waals surface area contributed by atoms with E-state index in [0.717, 1.165) is 50.2 Å². The van der Waals surface area contributed by atoms with Crippen LogP contribution in [-0.4, -0.2) is 48.2 Å². The van der Waals surface area contributed by atoms with Crippen LogP contribution in [0.4, 0.5) is 5.13 Å². The minimum Gasteiger partial charge on any atom is -0.377 e. The first-order valence-electron chi connectivity index (χ1n) is 7.27. The first-order chi connectivity index (χ1) is 9.38. The van der Waals surface area contributed by atoms with Gasteiger partial charge >= 0.3 is 0 Å². The Hall–Kier alpha value is -0.720. The molecule has 0 radical (unpaired) electrons. The number of ether oxygens (including phenoxy) is 1. The first kappa shape index (κ1) is 13.3. The number of aromatic nitrogens is 2. The predicted molar refractivity (Wildman–Crippen MR) is 77.0 cm³/mol. The van der Waals surface area contributed by atoms with Gasteiger partial charge in [0, 0.05) is 30.5 Å². The molecule has 19 heavy (non-hydrogen) atoms. The highest BCUT2D eigenvalue weighted by Gasteiger charge is 2.30. The SMILES string of the molecule is CCCNCC1COCCN1c1nc(C2CC2)ns1. The third-order valence-corrected chi connectivity index (χ3v) is 4.42. The quantitative estimate of drug-likeness (QED) is 0.804. The van der Waals surface area contributed by atoms with Crippen LogP contribution in [0.1, 0.15) is 37.9 Å². The molecule has 6 heteroatoms. The minimum absolute atomic E-state index is 0.389. The molecule has 1 saturated carbocycles. The Labute approximate surface area is 118 Å². The van der Waals surface area contributed by atoms with Crippen LogP contribution in [0.15, 0.2) is 0 Å². The zero-order valence-electron chi connectivity index (χ0n) is 11.5. The average Bonchev–Trinajstić information content (AvgIpc) is 3.18. The molecule has 2 fully saturated rings. The van der Waals surface area contributed by atoms with E-state index in [4.69, 9.17) is 9.72 Å². The molecular weight excluding hydrogens is 260 g/mol. The third kappa shape index (κ3) is 3.24. The van der Waals surface area contributed by atoms with Crippen molar-refractivity contribution in [3.05, 3.63) is 5.82 Å². The summed E-state index contributed by atoms with van der Waals surface area (Å²) >= 11 is 1.55. The van der Waals surface area contributed by atoms with E-state index in [0.29, 0.717) is 12.0 Å².